The summed E-state index contributed by atoms with van der Waals surface area (Å²) in [4.78, 5) is 0. The lowest BCUT2D eigenvalue weighted by molar-refractivity contribution is 0.700. The fourth-order valence-corrected chi connectivity index (χ4v) is 3.16. The summed E-state index contributed by atoms with van der Waals surface area (Å²) < 4.78 is 0. The molecule has 0 aliphatic rings. The van der Waals surface area contributed by atoms with Gasteiger partial charge in [0, 0.05) is 0 Å². The highest BCUT2D eigenvalue weighted by atomic mass is 27.1. The number of rotatable bonds is 7. The average Bonchev–Trinajstić information content (AvgIpc) is 2.14. The van der Waals surface area contributed by atoms with E-state index in [1.54, 1.807) is 0 Å². The lowest BCUT2D eigenvalue weighted by atomic mass is 10.3. The van der Waals surface area contributed by atoms with Crippen LogP contribution in [0.5, 0.6) is 0 Å². The van der Waals surface area contributed by atoms with Gasteiger partial charge < -0.3 is 5.32 Å². The third-order valence-corrected chi connectivity index (χ3v) is 5.37. The first-order valence-corrected chi connectivity index (χ1v) is 8.75. The quantitative estimate of drug-likeness (QED) is 0.520. The molecule has 0 aromatic rings. The van der Waals surface area contributed by atoms with Gasteiger partial charge in [-0.25, -0.2) is 0 Å². The molecule has 2 heteroatoms. The van der Waals surface area contributed by atoms with Crippen LogP contribution in [-0.4, -0.2) is 28.3 Å². The van der Waals surface area contributed by atoms with Crippen LogP contribution >= 0.6 is 0 Å². The fraction of sp³-hybridized carbons (Fsp3) is 1.00. The van der Waals surface area contributed by atoms with E-state index in [1.807, 2.05) is 0 Å². The van der Waals surface area contributed by atoms with E-state index in [-0.39, 0.29) is 0 Å². The number of hydrogen-bond donors (Lipinski definition) is 1. The van der Waals surface area contributed by atoms with Crippen molar-refractivity contribution in [2.24, 2.45) is 11.8 Å². The molecule has 1 N–H and O–H groups in total. The van der Waals surface area contributed by atoms with Crippen LogP contribution in [0.4, 0.5) is 0 Å². The molecular weight excluding hydrogens is 197 g/mol. The molecule has 0 saturated heterocycles. The molecule has 0 aliphatic heterocycles. The molecule has 0 aromatic carbocycles. The molecule has 0 saturated carbocycles. The van der Waals surface area contributed by atoms with Gasteiger partial charge in [-0.3, -0.25) is 0 Å². The minimum atomic E-state index is 0.316. The Bertz CT molecular complexity index is 90.7. The van der Waals surface area contributed by atoms with E-state index in [4.69, 9.17) is 0 Å². The molecule has 15 heavy (non-hydrogen) atoms. The summed E-state index contributed by atoms with van der Waals surface area (Å²) in [6.45, 7) is 15.9. The van der Waals surface area contributed by atoms with E-state index < -0.39 is 0 Å². The Hall–Kier alpha value is 0.492. The van der Waals surface area contributed by atoms with Crippen molar-refractivity contribution in [3.8, 4) is 0 Å². The molecule has 1 nitrogen and oxygen atoms in total. The Kier molecular flexibility index (Phi) is 17.3. The standard InChI is InChI=1S/C5H13N.2C4H9.Al.H/c1-3-5-6-4-2;2*1-4(2)3;;/h6H,3-5H2,1-2H3;2*4H,1H2,2-3H3;;. The van der Waals surface area contributed by atoms with E-state index in [0.717, 1.165) is 24.9 Å². The molecular formula is C13H32AlN. The zero-order chi connectivity index (χ0) is 12.1. The monoisotopic (exact) mass is 229 g/mol. The summed E-state index contributed by atoms with van der Waals surface area (Å²) in [6, 6.07) is 0. The Balaban J connectivity index is 0. The molecule has 0 unspecified atom stereocenters. The minimum absolute atomic E-state index is 0.316. The van der Waals surface area contributed by atoms with E-state index in [2.05, 4.69) is 46.9 Å². The van der Waals surface area contributed by atoms with Gasteiger partial charge in [-0.05, 0) is 19.5 Å². The maximum atomic E-state index is 3.20. The van der Waals surface area contributed by atoms with Gasteiger partial charge in [-0.2, -0.15) is 0 Å². The summed E-state index contributed by atoms with van der Waals surface area (Å²) in [5.74, 6) is 1.91. The molecule has 0 fully saturated rings. The van der Waals surface area contributed by atoms with Crippen molar-refractivity contribution in [1.29, 1.82) is 0 Å². The van der Waals surface area contributed by atoms with Crippen LogP contribution in [0.1, 0.15) is 48.0 Å². The van der Waals surface area contributed by atoms with Crippen molar-refractivity contribution in [2.45, 2.75) is 58.5 Å². The average molecular weight is 229 g/mol. The Morgan fingerprint density at radius 1 is 0.933 bits per heavy atom. The van der Waals surface area contributed by atoms with Gasteiger partial charge in [0.2, 0.25) is 15.2 Å². The smallest absolute Gasteiger partial charge is 0.237 e. The molecule has 0 atom stereocenters. The van der Waals surface area contributed by atoms with Crippen LogP contribution < -0.4 is 5.32 Å². The van der Waals surface area contributed by atoms with E-state index >= 15 is 0 Å². The Labute approximate surface area is 104 Å². The molecule has 92 valence electrons. The van der Waals surface area contributed by atoms with Crippen LogP contribution in [0.15, 0.2) is 0 Å². The maximum Gasteiger partial charge on any atom is 0.237 e. The van der Waals surface area contributed by atoms with Gasteiger partial charge >= 0.3 is 0 Å². The normalized spacial score (nSPS) is 10.1. The Morgan fingerprint density at radius 2 is 1.40 bits per heavy atom. The van der Waals surface area contributed by atoms with Crippen LogP contribution in [0.25, 0.3) is 0 Å². The maximum absolute atomic E-state index is 3.20. The predicted octanol–water partition coefficient (Wildman–Crippen LogP) is 3.58. The summed E-state index contributed by atoms with van der Waals surface area (Å²) in [5, 5.41) is 6.28. The first kappa shape index (κ1) is 17.9. The zero-order valence-corrected chi connectivity index (χ0v) is 13.3. The van der Waals surface area contributed by atoms with Crippen LogP contribution in [0.2, 0.25) is 10.6 Å². The summed E-state index contributed by atoms with van der Waals surface area (Å²) in [7, 11) is 0. The van der Waals surface area contributed by atoms with E-state index in [0.29, 0.717) is 15.2 Å². The van der Waals surface area contributed by atoms with Gasteiger partial charge in [-0.1, -0.05) is 63.9 Å². The SMILES string of the molecule is CC(C)[CH2][AlH][CH2]C(C)C.CCCNCC. The van der Waals surface area contributed by atoms with E-state index in [1.165, 1.54) is 17.0 Å². The van der Waals surface area contributed by atoms with Gasteiger partial charge in [0.1, 0.15) is 0 Å². The number of hydrogen-bond acceptors (Lipinski definition) is 1. The molecule has 0 amide bonds. The predicted molar refractivity (Wildman–Crippen MR) is 75.3 cm³/mol. The highest BCUT2D eigenvalue weighted by Gasteiger charge is 1.99. The molecule has 0 aliphatic carbocycles. The third-order valence-electron chi connectivity index (χ3n) is 2.24. The van der Waals surface area contributed by atoms with Crippen LogP contribution in [-0.2, 0) is 0 Å². The molecule has 0 heterocycles. The van der Waals surface area contributed by atoms with E-state index in [9.17, 15) is 0 Å². The van der Waals surface area contributed by atoms with Crippen molar-refractivity contribution in [3.05, 3.63) is 0 Å². The van der Waals surface area contributed by atoms with Crippen molar-refractivity contribution in [1.82, 2.24) is 5.32 Å². The second-order valence-electron chi connectivity index (χ2n) is 5.07. The molecule has 0 radical (unpaired) electrons. The van der Waals surface area contributed by atoms with Crippen LogP contribution in [0, 0.1) is 11.8 Å². The van der Waals surface area contributed by atoms with Crippen molar-refractivity contribution in [3.63, 3.8) is 0 Å². The largest absolute Gasteiger partial charge is 0.317 e. The van der Waals surface area contributed by atoms with Crippen molar-refractivity contribution < 1.29 is 0 Å². The zero-order valence-electron chi connectivity index (χ0n) is 11.9. The van der Waals surface area contributed by atoms with Crippen molar-refractivity contribution >= 4 is 15.2 Å². The van der Waals surface area contributed by atoms with Gasteiger partial charge in [0.15, 0.2) is 0 Å². The highest BCUT2D eigenvalue weighted by molar-refractivity contribution is 6.35. The first-order chi connectivity index (χ1) is 7.04. The fourth-order valence-electron chi connectivity index (χ4n) is 1.29. The van der Waals surface area contributed by atoms with Crippen LogP contribution in [0.3, 0.4) is 0 Å². The minimum Gasteiger partial charge on any atom is -0.317 e. The number of nitrogens with one attached hydrogen (secondary N) is 1. The molecule has 0 aromatic heterocycles. The summed E-state index contributed by atoms with van der Waals surface area (Å²) >= 11 is 0.316. The van der Waals surface area contributed by atoms with Gasteiger partial charge in [-0.15, -0.1) is 0 Å². The first-order valence-electron chi connectivity index (χ1n) is 6.75. The molecule has 0 spiro atoms. The third kappa shape index (κ3) is 25.1. The highest BCUT2D eigenvalue weighted by Crippen LogP contribution is 2.05. The second kappa shape index (κ2) is 14.5. The molecule has 0 rings (SSSR count). The van der Waals surface area contributed by atoms with Gasteiger partial charge in [0.25, 0.3) is 0 Å². The lowest BCUT2D eigenvalue weighted by Crippen LogP contribution is -2.12. The topological polar surface area (TPSA) is 12.0 Å². The lowest BCUT2D eigenvalue weighted by Gasteiger charge is -2.03. The van der Waals surface area contributed by atoms with Crippen molar-refractivity contribution in [2.75, 3.05) is 13.1 Å². The Morgan fingerprint density at radius 3 is 1.60 bits per heavy atom. The second-order valence-corrected chi connectivity index (χ2v) is 6.93. The molecule has 0 bridgehead atoms. The summed E-state index contributed by atoms with van der Waals surface area (Å²) in [6.07, 6.45) is 1.24. The summed E-state index contributed by atoms with van der Waals surface area (Å²) in [5.41, 5.74) is 0. The van der Waals surface area contributed by atoms with Gasteiger partial charge in [0.05, 0.1) is 0 Å².